The molecule has 0 saturated carbocycles. The lowest BCUT2D eigenvalue weighted by molar-refractivity contribution is -0.134. The third-order valence-corrected chi connectivity index (χ3v) is 6.30. The first kappa shape index (κ1) is 34.4. The van der Waals surface area contributed by atoms with Gasteiger partial charge in [0, 0.05) is 19.1 Å². The second kappa shape index (κ2) is 17.1. The van der Waals surface area contributed by atoms with E-state index in [1.54, 1.807) is 20.8 Å². The molecule has 9 nitrogen and oxygen atoms in total. The molecule has 1 rings (SSSR count). The molecule has 0 aromatic heterocycles. The van der Waals surface area contributed by atoms with Crippen LogP contribution < -0.4 is 16.0 Å². The summed E-state index contributed by atoms with van der Waals surface area (Å²) in [6.45, 7) is 15.8. The fourth-order valence-electron chi connectivity index (χ4n) is 3.96. The van der Waals surface area contributed by atoms with Crippen molar-refractivity contribution in [2.45, 2.75) is 105 Å². The Hall–Kier alpha value is -2.65. The summed E-state index contributed by atoms with van der Waals surface area (Å²) in [6, 6.07) is 8.07. The van der Waals surface area contributed by atoms with E-state index in [-0.39, 0.29) is 36.7 Å². The second-order valence-electron chi connectivity index (χ2n) is 11.8. The van der Waals surface area contributed by atoms with Crippen LogP contribution in [-0.4, -0.2) is 60.0 Å². The molecular weight excluding hydrogens is 498 g/mol. The van der Waals surface area contributed by atoms with Gasteiger partial charge in [-0.15, -0.1) is 0 Å². The maximum absolute atomic E-state index is 13.4. The number of hydrogen-bond donors (Lipinski definition) is 4. The Morgan fingerprint density at radius 3 is 2.13 bits per heavy atom. The molecule has 0 spiro atoms. The number of unbranched alkanes of at least 4 members (excludes halogenated alkanes) is 1. The molecule has 0 unspecified atom stereocenters. The van der Waals surface area contributed by atoms with Gasteiger partial charge in [0.2, 0.25) is 11.8 Å². The summed E-state index contributed by atoms with van der Waals surface area (Å²) in [5.41, 5.74) is 0.267. The summed E-state index contributed by atoms with van der Waals surface area (Å²) < 4.78 is 11.1. The van der Waals surface area contributed by atoms with Crippen LogP contribution in [0.1, 0.15) is 80.2 Å². The van der Waals surface area contributed by atoms with Crippen LogP contribution in [-0.2, 0) is 25.6 Å². The lowest BCUT2D eigenvalue weighted by Crippen LogP contribution is -2.53. The topological polar surface area (TPSA) is 126 Å². The Bertz CT molecular complexity index is 869. The number of aliphatic hydroxyl groups excluding tert-OH is 1. The highest BCUT2D eigenvalue weighted by atomic mass is 16.6. The van der Waals surface area contributed by atoms with E-state index >= 15 is 0 Å². The summed E-state index contributed by atoms with van der Waals surface area (Å²) in [5.74, 6) is -1.44. The highest BCUT2D eigenvalue weighted by molar-refractivity contribution is 5.88. The molecule has 222 valence electrons. The molecule has 0 heterocycles. The van der Waals surface area contributed by atoms with Gasteiger partial charge in [-0.3, -0.25) is 9.59 Å². The monoisotopic (exact) mass is 549 g/mol. The molecule has 0 radical (unpaired) electrons. The van der Waals surface area contributed by atoms with E-state index < -0.39 is 35.8 Å². The van der Waals surface area contributed by atoms with E-state index in [4.69, 9.17) is 9.47 Å². The van der Waals surface area contributed by atoms with Crippen molar-refractivity contribution in [1.29, 1.82) is 0 Å². The second-order valence-corrected chi connectivity index (χ2v) is 11.8. The van der Waals surface area contributed by atoms with Crippen LogP contribution in [0.5, 0.6) is 0 Å². The van der Waals surface area contributed by atoms with Gasteiger partial charge in [-0.25, -0.2) is 4.79 Å². The fourth-order valence-corrected chi connectivity index (χ4v) is 3.96. The first-order chi connectivity index (χ1) is 18.2. The molecule has 4 N–H and O–H groups in total. The molecule has 0 bridgehead atoms. The summed E-state index contributed by atoms with van der Waals surface area (Å²) in [7, 11) is 0. The van der Waals surface area contributed by atoms with Gasteiger partial charge < -0.3 is 30.5 Å². The van der Waals surface area contributed by atoms with E-state index in [0.29, 0.717) is 13.2 Å². The average molecular weight is 550 g/mol. The maximum Gasteiger partial charge on any atom is 0.408 e. The number of aliphatic hydroxyl groups is 1. The van der Waals surface area contributed by atoms with Gasteiger partial charge in [-0.05, 0) is 51.0 Å². The van der Waals surface area contributed by atoms with Crippen LogP contribution in [0.15, 0.2) is 30.3 Å². The molecular formula is C30H51N3O6. The minimum Gasteiger partial charge on any atom is -0.444 e. The van der Waals surface area contributed by atoms with Crippen molar-refractivity contribution in [1.82, 2.24) is 16.0 Å². The molecule has 0 aliphatic heterocycles. The van der Waals surface area contributed by atoms with Gasteiger partial charge in [0.05, 0.1) is 18.8 Å². The van der Waals surface area contributed by atoms with Crippen molar-refractivity contribution < 1.29 is 29.0 Å². The Kier molecular flexibility index (Phi) is 15.1. The molecule has 0 saturated heterocycles. The van der Waals surface area contributed by atoms with Crippen LogP contribution in [0.4, 0.5) is 4.79 Å². The van der Waals surface area contributed by atoms with Gasteiger partial charge in [0.15, 0.2) is 0 Å². The highest BCUT2D eigenvalue weighted by Gasteiger charge is 2.33. The van der Waals surface area contributed by atoms with Crippen molar-refractivity contribution in [2.75, 3.05) is 13.2 Å². The normalized spacial score (nSPS) is 14.8. The van der Waals surface area contributed by atoms with Crippen LogP contribution in [0.2, 0.25) is 0 Å². The number of benzene rings is 1. The van der Waals surface area contributed by atoms with Gasteiger partial charge >= 0.3 is 6.09 Å². The minimum atomic E-state index is -1.07. The summed E-state index contributed by atoms with van der Waals surface area (Å²) in [4.78, 5) is 38.8. The van der Waals surface area contributed by atoms with Gasteiger partial charge in [0.25, 0.3) is 0 Å². The van der Waals surface area contributed by atoms with Gasteiger partial charge in [0.1, 0.15) is 11.6 Å². The molecule has 0 aliphatic rings. The quantitative estimate of drug-likeness (QED) is 0.229. The summed E-state index contributed by atoms with van der Waals surface area (Å²) in [6.07, 6.45) is 0.165. The Labute approximate surface area is 234 Å². The number of amides is 3. The molecule has 9 heteroatoms. The van der Waals surface area contributed by atoms with Crippen LogP contribution in [0.3, 0.4) is 0 Å². The van der Waals surface area contributed by atoms with Crippen LogP contribution in [0.25, 0.3) is 0 Å². The van der Waals surface area contributed by atoms with Crippen LogP contribution >= 0.6 is 0 Å². The largest absolute Gasteiger partial charge is 0.444 e. The number of hydrogen-bond acceptors (Lipinski definition) is 6. The van der Waals surface area contributed by atoms with E-state index in [0.717, 1.165) is 18.4 Å². The van der Waals surface area contributed by atoms with E-state index in [9.17, 15) is 19.5 Å². The first-order valence-electron chi connectivity index (χ1n) is 14.1. The standard InChI is InChI=1S/C30H51N3O6/c1-9-10-16-38-19-24(32-29(37)39-30(6,7)8)25(34)17-23(20(2)3)27(35)33-26(21(4)5)28(36)31-18-22-14-12-11-13-15-22/h11-15,20-21,23-26,34H,9-10,16-19H2,1-8H3,(H,31,36)(H,32,37)(H,33,35)/t23-,24-,25-,26-/m0/s1. The SMILES string of the molecule is CCCCOC[C@H](NC(=O)OC(C)(C)C)[C@@H](O)C[C@H](C(=O)N[C@H](C(=O)NCc1ccccc1)C(C)C)C(C)C. The smallest absolute Gasteiger partial charge is 0.408 e. The highest BCUT2D eigenvalue weighted by Crippen LogP contribution is 2.21. The third-order valence-electron chi connectivity index (χ3n) is 6.30. The lowest BCUT2D eigenvalue weighted by Gasteiger charge is -2.31. The van der Waals surface area contributed by atoms with E-state index in [1.165, 1.54) is 0 Å². The number of alkyl carbamates (subject to hydrolysis) is 1. The predicted octanol–water partition coefficient (Wildman–Crippen LogP) is 4.18. The maximum atomic E-state index is 13.4. The third kappa shape index (κ3) is 13.8. The van der Waals surface area contributed by atoms with E-state index in [2.05, 4.69) is 16.0 Å². The molecule has 39 heavy (non-hydrogen) atoms. The number of carbonyl (C=O) groups is 3. The zero-order chi connectivity index (χ0) is 29.6. The zero-order valence-electron chi connectivity index (χ0n) is 25.1. The Morgan fingerprint density at radius 2 is 1.59 bits per heavy atom. The number of ether oxygens (including phenoxy) is 2. The van der Waals surface area contributed by atoms with Crippen molar-refractivity contribution in [3.63, 3.8) is 0 Å². The van der Waals surface area contributed by atoms with Crippen molar-refractivity contribution in [2.24, 2.45) is 17.8 Å². The van der Waals surface area contributed by atoms with Gasteiger partial charge in [-0.1, -0.05) is 71.4 Å². The predicted molar refractivity (Wildman–Crippen MR) is 153 cm³/mol. The van der Waals surface area contributed by atoms with Crippen molar-refractivity contribution in [3.8, 4) is 0 Å². The lowest BCUT2D eigenvalue weighted by atomic mass is 9.86. The Morgan fingerprint density at radius 1 is 0.949 bits per heavy atom. The zero-order valence-corrected chi connectivity index (χ0v) is 25.1. The minimum absolute atomic E-state index is 0.0809. The Balaban J connectivity index is 2.92. The molecule has 1 aromatic rings. The molecule has 3 amide bonds. The fraction of sp³-hybridized carbons (Fsp3) is 0.700. The number of rotatable bonds is 16. The van der Waals surface area contributed by atoms with Crippen molar-refractivity contribution >= 4 is 17.9 Å². The molecule has 0 fully saturated rings. The van der Waals surface area contributed by atoms with E-state index in [1.807, 2.05) is 65.0 Å². The number of nitrogens with one attached hydrogen (secondary N) is 3. The number of carbonyl (C=O) groups excluding carboxylic acids is 3. The average Bonchev–Trinajstić information content (AvgIpc) is 2.85. The van der Waals surface area contributed by atoms with Crippen LogP contribution in [0, 0.1) is 17.8 Å². The molecule has 4 atom stereocenters. The van der Waals surface area contributed by atoms with Crippen molar-refractivity contribution in [3.05, 3.63) is 35.9 Å². The molecule has 0 aliphatic carbocycles. The van der Waals surface area contributed by atoms with Gasteiger partial charge in [-0.2, -0.15) is 0 Å². The molecule has 1 aromatic carbocycles. The summed E-state index contributed by atoms with van der Waals surface area (Å²) in [5, 5.41) is 19.7. The summed E-state index contributed by atoms with van der Waals surface area (Å²) >= 11 is 0. The first-order valence-corrected chi connectivity index (χ1v) is 14.1.